The molecule has 0 bridgehead atoms. The number of fused-ring (bicyclic) bond motifs is 2. The van der Waals surface area contributed by atoms with Crippen LogP contribution in [0.1, 0.15) is 0 Å². The van der Waals surface area contributed by atoms with E-state index in [0.29, 0.717) is 0 Å². The van der Waals surface area contributed by atoms with Crippen LogP contribution < -0.4 is 5.36 Å². The van der Waals surface area contributed by atoms with E-state index in [9.17, 15) is 4.55 Å². The Morgan fingerprint density at radius 2 is 1.67 bits per heavy atom. The maximum atomic E-state index is 12.2. The van der Waals surface area contributed by atoms with Crippen molar-refractivity contribution in [3.63, 3.8) is 0 Å². The number of nitrogens with zero attached hydrogens (tertiary/aromatic N) is 1. The van der Waals surface area contributed by atoms with Crippen molar-refractivity contribution < 1.29 is 4.55 Å². The van der Waals surface area contributed by atoms with E-state index in [-0.39, 0.29) is 0 Å². The van der Waals surface area contributed by atoms with Gasteiger partial charge in [0.05, 0.1) is 20.5 Å². The molecule has 1 heterocycles. The van der Waals surface area contributed by atoms with E-state index in [4.69, 9.17) is 0 Å². The first kappa shape index (κ1) is 8.83. The van der Waals surface area contributed by atoms with Gasteiger partial charge < -0.3 is 0 Å². The molecule has 1 radical (unpaired) electrons. The van der Waals surface area contributed by atoms with Crippen LogP contribution in [0.15, 0.2) is 58.4 Å². The fourth-order valence-corrected chi connectivity index (χ4v) is 2.91. The zero-order chi connectivity index (χ0) is 10.3. The van der Waals surface area contributed by atoms with Gasteiger partial charge in [0.2, 0.25) is 0 Å². The van der Waals surface area contributed by atoms with Crippen LogP contribution >= 0.6 is 10.8 Å². The summed E-state index contributed by atoms with van der Waals surface area (Å²) in [5, 5.41) is 0.814. The van der Waals surface area contributed by atoms with Gasteiger partial charge in [-0.15, -0.1) is 0 Å². The average molecular weight is 214 g/mol. The molecule has 3 rings (SSSR count). The van der Waals surface area contributed by atoms with Crippen LogP contribution in [0.25, 0.3) is 0 Å². The van der Waals surface area contributed by atoms with Gasteiger partial charge in [-0.1, -0.05) is 24.3 Å². The number of benzene rings is 2. The molecular formula is C12H8NOS. The van der Waals surface area contributed by atoms with Gasteiger partial charge in [0.1, 0.15) is 0 Å². The molecule has 0 aliphatic carbocycles. The van der Waals surface area contributed by atoms with Crippen LogP contribution in [0.3, 0.4) is 0 Å². The quantitative estimate of drug-likeness (QED) is 0.604. The van der Waals surface area contributed by atoms with Crippen molar-refractivity contribution in [2.24, 2.45) is 4.99 Å². The third-order valence-electron chi connectivity index (χ3n) is 2.37. The Kier molecular flexibility index (Phi) is 1.94. The Bertz CT molecular complexity index is 649. The lowest BCUT2D eigenvalue weighted by Gasteiger charge is -2.08. The van der Waals surface area contributed by atoms with Gasteiger partial charge >= 0.3 is 0 Å². The number of rotatable bonds is 0. The first-order valence-electron chi connectivity index (χ1n) is 4.68. The Balaban J connectivity index is 2.50. The van der Waals surface area contributed by atoms with Crippen molar-refractivity contribution in [3.8, 4) is 0 Å². The summed E-state index contributed by atoms with van der Waals surface area (Å²) in [5.41, 5.74) is 0.814. The smallest absolute Gasteiger partial charge is 0.0791 e. The summed E-state index contributed by atoms with van der Waals surface area (Å²) in [7, 11) is -1.08. The Morgan fingerprint density at radius 3 is 2.60 bits per heavy atom. The lowest BCUT2D eigenvalue weighted by atomic mass is 10.3. The molecular weight excluding hydrogens is 206 g/mol. The van der Waals surface area contributed by atoms with Crippen molar-refractivity contribution in [2.75, 3.05) is 0 Å². The minimum Gasteiger partial charge on any atom is -0.247 e. The molecule has 0 saturated carbocycles. The highest BCUT2D eigenvalue weighted by Gasteiger charge is 2.10. The molecule has 0 fully saturated rings. The second kappa shape index (κ2) is 3.29. The minimum atomic E-state index is -1.08. The van der Waals surface area contributed by atoms with Gasteiger partial charge in [0, 0.05) is 10.8 Å². The average Bonchev–Trinajstić information content (AvgIpc) is 2.30. The normalized spacial score (nSPS) is 17.5. The predicted molar refractivity (Wildman–Crippen MR) is 59.1 cm³/mol. The van der Waals surface area contributed by atoms with E-state index in [2.05, 4.69) is 4.99 Å². The number of hydrogen-bond donors (Lipinski definition) is 0. The fourth-order valence-electron chi connectivity index (χ4n) is 1.66. The Morgan fingerprint density at radius 1 is 0.933 bits per heavy atom. The second-order valence-corrected chi connectivity index (χ2v) is 4.73. The first-order valence-corrected chi connectivity index (χ1v) is 5.83. The monoisotopic (exact) mass is 214 g/mol. The standard InChI is InChI=1S/C12H8NOS/c14-15-11-7-3-1-5-9(11)13-10-6-2-4-8-12(10)15/h1-8H. The molecule has 0 aromatic heterocycles. The molecule has 2 nitrogen and oxygen atoms in total. The largest absolute Gasteiger partial charge is 0.247 e. The lowest BCUT2D eigenvalue weighted by Crippen LogP contribution is -2.04. The van der Waals surface area contributed by atoms with Gasteiger partial charge in [-0.2, -0.15) is 4.55 Å². The van der Waals surface area contributed by atoms with Crippen LogP contribution in [0.5, 0.6) is 0 Å². The Hall–Kier alpha value is -1.45. The van der Waals surface area contributed by atoms with Crippen molar-refractivity contribution in [1.29, 1.82) is 0 Å². The molecule has 15 heavy (non-hydrogen) atoms. The highest BCUT2D eigenvalue weighted by atomic mass is 32.2. The van der Waals surface area contributed by atoms with Crippen LogP contribution in [0.2, 0.25) is 0 Å². The van der Waals surface area contributed by atoms with E-state index in [1.807, 2.05) is 48.5 Å². The van der Waals surface area contributed by atoms with Gasteiger partial charge in [0.25, 0.3) is 0 Å². The van der Waals surface area contributed by atoms with Crippen molar-refractivity contribution in [2.45, 2.75) is 4.90 Å². The van der Waals surface area contributed by atoms with Gasteiger partial charge in [0.15, 0.2) is 0 Å². The zero-order valence-corrected chi connectivity index (χ0v) is 8.70. The van der Waals surface area contributed by atoms with Crippen LogP contribution in [-0.2, 0) is 4.55 Å². The van der Waals surface area contributed by atoms with E-state index < -0.39 is 10.8 Å². The van der Waals surface area contributed by atoms with E-state index >= 15 is 0 Å². The molecule has 1 aliphatic rings. The van der Waals surface area contributed by atoms with Gasteiger partial charge in [-0.3, -0.25) is 0 Å². The zero-order valence-electron chi connectivity index (χ0n) is 7.88. The highest BCUT2D eigenvalue weighted by molar-refractivity contribution is 8.04. The maximum absolute atomic E-state index is 12.2. The third-order valence-corrected chi connectivity index (χ3v) is 3.86. The fraction of sp³-hybridized carbons (Fsp3) is 0. The Labute approximate surface area is 89.7 Å². The molecule has 0 N–H and O–H groups in total. The van der Waals surface area contributed by atoms with E-state index in [1.54, 1.807) is 0 Å². The molecule has 2 aromatic carbocycles. The lowest BCUT2D eigenvalue weighted by molar-refractivity contribution is 0.525. The molecule has 0 spiro atoms. The van der Waals surface area contributed by atoms with Gasteiger partial charge in [-0.05, 0) is 24.3 Å². The summed E-state index contributed by atoms with van der Waals surface area (Å²) in [6, 6.07) is 15.1. The topological polar surface area (TPSA) is 32.3 Å². The summed E-state index contributed by atoms with van der Waals surface area (Å²) in [5.74, 6) is 0. The maximum Gasteiger partial charge on any atom is 0.0791 e. The summed E-state index contributed by atoms with van der Waals surface area (Å²) >= 11 is 0. The first-order chi connectivity index (χ1) is 7.36. The van der Waals surface area contributed by atoms with E-state index in [1.165, 1.54) is 0 Å². The van der Waals surface area contributed by atoms with Crippen LogP contribution in [0.4, 0.5) is 5.69 Å². The number of para-hydroxylation sites is 2. The van der Waals surface area contributed by atoms with Crippen molar-refractivity contribution in [1.82, 2.24) is 0 Å². The van der Waals surface area contributed by atoms with Crippen LogP contribution in [-0.4, -0.2) is 0 Å². The second-order valence-electron chi connectivity index (χ2n) is 3.32. The van der Waals surface area contributed by atoms with Crippen LogP contribution in [0, 0.1) is 4.51 Å². The highest BCUT2D eigenvalue weighted by Crippen LogP contribution is 2.36. The molecule has 1 aliphatic heterocycles. The molecule has 1 atom stereocenters. The molecule has 73 valence electrons. The number of hydrogen-bond acceptors (Lipinski definition) is 1. The third kappa shape index (κ3) is 1.32. The SMILES string of the molecule is [O]S1=c2ccccc2=Nc2ccccc21. The minimum absolute atomic E-state index is 0.802. The van der Waals surface area contributed by atoms with Crippen molar-refractivity contribution in [3.05, 3.63) is 58.4 Å². The predicted octanol–water partition coefficient (Wildman–Crippen LogP) is 2.88. The summed E-state index contributed by atoms with van der Waals surface area (Å²) in [6.07, 6.45) is 0. The summed E-state index contributed by atoms with van der Waals surface area (Å²) in [4.78, 5) is 5.27. The molecule has 0 saturated heterocycles. The van der Waals surface area contributed by atoms with E-state index in [0.717, 1.165) is 20.5 Å². The summed E-state index contributed by atoms with van der Waals surface area (Å²) in [6.45, 7) is 0. The van der Waals surface area contributed by atoms with Crippen molar-refractivity contribution >= 4 is 16.5 Å². The molecule has 0 amide bonds. The molecule has 3 heteroatoms. The molecule has 1 unspecified atom stereocenters. The molecule has 2 aromatic rings. The van der Waals surface area contributed by atoms with Gasteiger partial charge in [-0.25, -0.2) is 4.99 Å². The summed E-state index contributed by atoms with van der Waals surface area (Å²) < 4.78 is 13.0.